The normalized spacial score (nSPS) is 18.0. The molecule has 1 amide bonds. The van der Waals surface area contributed by atoms with E-state index >= 15 is 0 Å². The van der Waals surface area contributed by atoms with Crippen molar-refractivity contribution in [3.63, 3.8) is 0 Å². The lowest BCUT2D eigenvalue weighted by Gasteiger charge is -2.22. The molecule has 0 saturated carbocycles. The number of nitrogens with two attached hydrogens (primary N) is 2. The first-order chi connectivity index (χ1) is 8.49. The summed E-state index contributed by atoms with van der Waals surface area (Å²) in [7, 11) is 0. The second-order valence-corrected chi connectivity index (χ2v) is 4.80. The number of amides is 1. The fraction of sp³-hybridized carbons (Fsp3) is 0.462. The molecule has 1 atom stereocenters. The first-order valence-electron chi connectivity index (χ1n) is 6.13. The highest BCUT2D eigenvalue weighted by molar-refractivity contribution is 6.02. The van der Waals surface area contributed by atoms with Gasteiger partial charge in [-0.15, -0.1) is 0 Å². The average Bonchev–Trinajstić information content (AvgIpc) is 2.28. The Balaban J connectivity index is 2.45. The highest BCUT2D eigenvalue weighted by Crippen LogP contribution is 2.30. The van der Waals surface area contributed by atoms with Gasteiger partial charge in [-0.25, -0.2) is 0 Å². The number of pyridine rings is 1. The molecule has 0 radical (unpaired) electrons. The zero-order valence-corrected chi connectivity index (χ0v) is 10.7. The minimum Gasteiger partial charge on any atom is -0.370 e. The zero-order valence-electron chi connectivity index (χ0n) is 10.7. The number of aromatic nitrogens is 1. The minimum absolute atomic E-state index is 0.217. The Morgan fingerprint density at radius 3 is 2.89 bits per heavy atom. The highest BCUT2D eigenvalue weighted by atomic mass is 16.1. The Bertz CT molecular complexity index is 518. The molecule has 1 aromatic rings. The highest BCUT2D eigenvalue weighted by Gasteiger charge is 2.21. The topological polar surface area (TPSA) is 94.4 Å². The Kier molecular flexibility index (Phi) is 3.32. The van der Waals surface area contributed by atoms with Gasteiger partial charge in [0.1, 0.15) is 0 Å². The lowest BCUT2D eigenvalue weighted by atomic mass is 9.87. The summed E-state index contributed by atoms with van der Waals surface area (Å²) in [6.07, 6.45) is 3.25. The van der Waals surface area contributed by atoms with Crippen molar-refractivity contribution >= 4 is 11.9 Å². The SMILES string of the molecule is Cc1nc2c(cc1C(=O)N=C(N)N)CCCC2C. The maximum atomic E-state index is 11.9. The van der Waals surface area contributed by atoms with Gasteiger partial charge >= 0.3 is 0 Å². The van der Waals surface area contributed by atoms with Crippen LogP contribution in [0.15, 0.2) is 11.1 Å². The molecule has 0 aromatic carbocycles. The maximum Gasteiger partial charge on any atom is 0.282 e. The molecule has 5 nitrogen and oxygen atoms in total. The smallest absolute Gasteiger partial charge is 0.282 e. The number of rotatable bonds is 1. The molecule has 0 bridgehead atoms. The number of carbonyl (C=O) groups is 1. The van der Waals surface area contributed by atoms with E-state index in [1.54, 1.807) is 0 Å². The largest absolute Gasteiger partial charge is 0.370 e. The second-order valence-electron chi connectivity index (χ2n) is 4.80. The molecule has 1 aromatic heterocycles. The molecule has 0 fully saturated rings. The van der Waals surface area contributed by atoms with Crippen molar-refractivity contribution < 1.29 is 4.79 Å². The van der Waals surface area contributed by atoms with Gasteiger partial charge in [0.25, 0.3) is 5.91 Å². The summed E-state index contributed by atoms with van der Waals surface area (Å²) in [5.41, 5.74) is 13.9. The molecule has 4 N–H and O–H groups in total. The van der Waals surface area contributed by atoms with Crippen molar-refractivity contribution in [2.75, 3.05) is 0 Å². The molecule has 0 saturated heterocycles. The molecule has 96 valence electrons. The van der Waals surface area contributed by atoms with Gasteiger partial charge in [0.15, 0.2) is 5.96 Å². The van der Waals surface area contributed by atoms with Crippen LogP contribution in [0.25, 0.3) is 0 Å². The number of carbonyl (C=O) groups excluding carboxylic acids is 1. The fourth-order valence-electron chi connectivity index (χ4n) is 2.42. The summed E-state index contributed by atoms with van der Waals surface area (Å²) >= 11 is 0. The minimum atomic E-state index is -0.416. The zero-order chi connectivity index (χ0) is 13.3. The monoisotopic (exact) mass is 246 g/mol. The van der Waals surface area contributed by atoms with Gasteiger partial charge in [-0.3, -0.25) is 9.78 Å². The van der Waals surface area contributed by atoms with Crippen LogP contribution in [-0.2, 0) is 6.42 Å². The predicted octanol–water partition coefficient (Wildman–Crippen LogP) is 1.24. The fourth-order valence-corrected chi connectivity index (χ4v) is 2.42. The van der Waals surface area contributed by atoms with Crippen molar-refractivity contribution in [1.29, 1.82) is 0 Å². The van der Waals surface area contributed by atoms with Gasteiger partial charge in [-0.2, -0.15) is 4.99 Å². The van der Waals surface area contributed by atoms with Crippen LogP contribution < -0.4 is 11.5 Å². The van der Waals surface area contributed by atoms with Gasteiger partial charge in [-0.05, 0) is 43.7 Å². The second kappa shape index (κ2) is 4.76. The van der Waals surface area contributed by atoms with Crippen LogP contribution in [-0.4, -0.2) is 16.9 Å². The van der Waals surface area contributed by atoms with E-state index in [0.29, 0.717) is 17.2 Å². The molecule has 1 heterocycles. The quantitative estimate of drug-likeness (QED) is 0.575. The van der Waals surface area contributed by atoms with Crippen molar-refractivity contribution in [3.05, 3.63) is 28.6 Å². The molecule has 18 heavy (non-hydrogen) atoms. The van der Waals surface area contributed by atoms with Crippen molar-refractivity contribution in [2.24, 2.45) is 16.5 Å². The first kappa shape index (κ1) is 12.5. The third kappa shape index (κ3) is 2.34. The van der Waals surface area contributed by atoms with Crippen LogP contribution in [0.2, 0.25) is 0 Å². The molecular formula is C13H18N4O. The molecule has 5 heteroatoms. The summed E-state index contributed by atoms with van der Waals surface area (Å²) in [5, 5.41) is 0. The van der Waals surface area contributed by atoms with E-state index in [1.165, 1.54) is 0 Å². The predicted molar refractivity (Wildman–Crippen MR) is 70.5 cm³/mol. The third-order valence-electron chi connectivity index (χ3n) is 3.34. The molecule has 2 rings (SSSR count). The summed E-state index contributed by atoms with van der Waals surface area (Å²) in [4.78, 5) is 20.0. The molecule has 1 unspecified atom stereocenters. The van der Waals surface area contributed by atoms with Gasteiger partial charge in [-0.1, -0.05) is 6.92 Å². The van der Waals surface area contributed by atoms with Crippen molar-refractivity contribution in [2.45, 2.75) is 39.0 Å². The van der Waals surface area contributed by atoms with Crippen LogP contribution in [0.3, 0.4) is 0 Å². The summed E-state index contributed by atoms with van der Waals surface area (Å²) in [5.74, 6) is -0.175. The van der Waals surface area contributed by atoms with Gasteiger partial charge < -0.3 is 11.5 Å². The summed E-state index contributed by atoms with van der Waals surface area (Å²) in [6, 6.07) is 1.89. The Morgan fingerprint density at radius 1 is 1.50 bits per heavy atom. The van der Waals surface area contributed by atoms with E-state index in [2.05, 4.69) is 16.9 Å². The van der Waals surface area contributed by atoms with E-state index in [-0.39, 0.29) is 5.96 Å². The number of fused-ring (bicyclic) bond motifs is 1. The molecule has 0 aliphatic heterocycles. The molecule has 1 aliphatic carbocycles. The van der Waals surface area contributed by atoms with E-state index in [4.69, 9.17) is 11.5 Å². The van der Waals surface area contributed by atoms with Crippen LogP contribution in [0.1, 0.15) is 53.0 Å². The number of guanidine groups is 1. The Labute approximate surface area is 106 Å². The van der Waals surface area contributed by atoms with E-state index in [1.807, 2.05) is 13.0 Å². The lowest BCUT2D eigenvalue weighted by molar-refractivity contribution is 0.100. The van der Waals surface area contributed by atoms with E-state index in [9.17, 15) is 4.79 Å². The number of nitrogens with zero attached hydrogens (tertiary/aromatic N) is 2. The lowest BCUT2D eigenvalue weighted by Crippen LogP contribution is -2.24. The van der Waals surface area contributed by atoms with Gasteiger partial charge in [0, 0.05) is 5.69 Å². The number of aliphatic imine (C=N–C) groups is 1. The van der Waals surface area contributed by atoms with Crippen molar-refractivity contribution in [1.82, 2.24) is 4.98 Å². The average molecular weight is 246 g/mol. The van der Waals surface area contributed by atoms with Gasteiger partial charge in [0.2, 0.25) is 0 Å². The first-order valence-corrected chi connectivity index (χ1v) is 6.13. The Hall–Kier alpha value is -1.91. The van der Waals surface area contributed by atoms with Crippen molar-refractivity contribution in [3.8, 4) is 0 Å². The van der Waals surface area contributed by atoms with E-state index < -0.39 is 5.91 Å². The number of hydrogen-bond acceptors (Lipinski definition) is 2. The Morgan fingerprint density at radius 2 is 2.22 bits per heavy atom. The molecule has 1 aliphatic rings. The maximum absolute atomic E-state index is 11.9. The van der Waals surface area contributed by atoms with Crippen LogP contribution in [0, 0.1) is 6.92 Å². The summed E-state index contributed by atoms with van der Waals surface area (Å²) in [6.45, 7) is 3.99. The van der Waals surface area contributed by atoms with Crippen LogP contribution in [0.5, 0.6) is 0 Å². The molecular weight excluding hydrogens is 228 g/mol. The third-order valence-corrected chi connectivity index (χ3v) is 3.34. The van der Waals surface area contributed by atoms with E-state index in [0.717, 1.165) is 30.5 Å². The van der Waals surface area contributed by atoms with Crippen LogP contribution >= 0.6 is 0 Å². The van der Waals surface area contributed by atoms with Crippen LogP contribution in [0.4, 0.5) is 0 Å². The number of hydrogen-bond donors (Lipinski definition) is 2. The standard InChI is InChI=1S/C13H18N4O/c1-7-4-3-5-9-6-10(8(2)16-11(7)9)12(18)17-13(14)15/h6-7H,3-5H2,1-2H3,(H4,14,15,17,18). The number of aryl methyl sites for hydroxylation is 2. The molecule has 0 spiro atoms. The summed E-state index contributed by atoms with van der Waals surface area (Å²) < 4.78 is 0. The van der Waals surface area contributed by atoms with Gasteiger partial charge in [0.05, 0.1) is 11.3 Å².